The zero-order valence-electron chi connectivity index (χ0n) is 25.7. The molecule has 1 unspecified atom stereocenters. The third-order valence-corrected chi connectivity index (χ3v) is 8.88. The highest BCUT2D eigenvalue weighted by atomic mass is 32.2. The molecule has 0 N–H and O–H groups in total. The van der Waals surface area contributed by atoms with Crippen molar-refractivity contribution in [3.8, 4) is 11.1 Å². The summed E-state index contributed by atoms with van der Waals surface area (Å²) in [5.74, 6) is -0.137. The second-order valence-corrected chi connectivity index (χ2v) is 12.6. The Morgan fingerprint density at radius 1 is 0.894 bits per heavy atom. The number of nitrogens with zero attached hydrogens (tertiary/aromatic N) is 5. The molecule has 0 aliphatic heterocycles. The van der Waals surface area contributed by atoms with E-state index in [0.717, 1.165) is 27.8 Å². The topological polar surface area (TPSA) is 81.0 Å². The number of alkyl halides is 2. The molecule has 0 spiro atoms. The highest BCUT2D eigenvalue weighted by molar-refractivity contribution is 7.98. The molecule has 5 rings (SSSR count). The fraction of sp³-hybridized carbons (Fsp3) is 0.229. The van der Waals surface area contributed by atoms with Crippen LogP contribution in [0.25, 0.3) is 11.1 Å². The number of benzene rings is 3. The number of hydrogen-bond donors (Lipinski definition) is 0. The third-order valence-electron chi connectivity index (χ3n) is 7.51. The van der Waals surface area contributed by atoms with Crippen LogP contribution in [-0.2, 0) is 42.1 Å². The number of carbonyl (C=O) groups is 1. The molecule has 5 aromatic rings. The Kier molecular flexibility index (Phi) is 11.2. The van der Waals surface area contributed by atoms with Gasteiger partial charge in [0.25, 0.3) is 11.2 Å². The fourth-order valence-corrected chi connectivity index (χ4v) is 5.92. The minimum atomic E-state index is -2.99. The van der Waals surface area contributed by atoms with Crippen molar-refractivity contribution in [2.75, 3.05) is 6.54 Å². The predicted octanol–water partition coefficient (Wildman–Crippen LogP) is 6.89. The quantitative estimate of drug-likeness (QED) is 0.1000. The summed E-state index contributed by atoms with van der Waals surface area (Å²) in [6.45, 7) is 2.41. The largest absolute Gasteiger partial charge is 0.336 e. The molecule has 1 atom stereocenters. The number of thioether (sulfide) groups is 1. The first-order chi connectivity index (χ1) is 22.6. The van der Waals surface area contributed by atoms with Gasteiger partial charge >= 0.3 is 0 Å². The summed E-state index contributed by atoms with van der Waals surface area (Å²) >= 11 is 1.26. The van der Waals surface area contributed by atoms with Crippen LogP contribution in [0.1, 0.15) is 34.9 Å². The first-order valence-electron chi connectivity index (χ1n) is 15.0. The van der Waals surface area contributed by atoms with E-state index in [1.165, 1.54) is 40.7 Å². The van der Waals surface area contributed by atoms with E-state index in [9.17, 15) is 22.8 Å². The van der Waals surface area contributed by atoms with Crippen LogP contribution in [0, 0.1) is 5.82 Å². The smallest absolute Gasteiger partial charge is 0.295 e. The molecule has 0 radical (unpaired) electrons. The lowest BCUT2D eigenvalue weighted by atomic mass is 10.0. The number of hydrogen-bond acceptors (Lipinski definition) is 6. The van der Waals surface area contributed by atoms with Gasteiger partial charge in [0, 0.05) is 36.8 Å². The van der Waals surface area contributed by atoms with Crippen LogP contribution in [-0.4, -0.2) is 37.1 Å². The van der Waals surface area contributed by atoms with Crippen LogP contribution in [0.4, 0.5) is 13.2 Å². The number of aryl methyl sites for hydroxylation is 1. The molecule has 0 saturated carbocycles. The van der Waals surface area contributed by atoms with Gasteiger partial charge in [-0.3, -0.25) is 14.6 Å². The monoisotopic (exact) mass is 675 g/mol. The Morgan fingerprint density at radius 3 is 2.13 bits per heavy atom. The van der Waals surface area contributed by atoms with Crippen molar-refractivity contribution in [3.05, 3.63) is 141 Å². The van der Waals surface area contributed by atoms with E-state index in [4.69, 9.17) is 0 Å². The van der Waals surface area contributed by atoms with E-state index in [0.29, 0.717) is 36.8 Å². The second kappa shape index (κ2) is 15.5. The summed E-state index contributed by atoms with van der Waals surface area (Å²) in [5.41, 5.74) is 1.16. The Bertz CT molecular complexity index is 1850. The SMILES string of the molecule is CCc1nn(CC(=O)N(CCc2ccncc2)Cc2ccc(-c3ccc(C(F)(F)P)cc3)cc2)c(SCc2ccc(F)cc2)nc1=O. The van der Waals surface area contributed by atoms with E-state index in [1.807, 2.05) is 36.4 Å². The summed E-state index contributed by atoms with van der Waals surface area (Å²) in [7, 11) is 1.55. The predicted molar refractivity (Wildman–Crippen MR) is 180 cm³/mol. The number of aromatic nitrogens is 4. The molecule has 0 aliphatic rings. The van der Waals surface area contributed by atoms with Gasteiger partial charge in [0.05, 0.1) is 0 Å². The van der Waals surface area contributed by atoms with Crippen molar-refractivity contribution in [1.82, 2.24) is 24.6 Å². The number of rotatable bonds is 13. The summed E-state index contributed by atoms with van der Waals surface area (Å²) < 4.78 is 42.1. The summed E-state index contributed by atoms with van der Waals surface area (Å²) in [6.07, 6.45) is 4.38. The Labute approximate surface area is 277 Å². The number of amides is 1. The molecule has 1 amide bonds. The molecule has 0 fully saturated rings. The molecule has 0 saturated heterocycles. The highest BCUT2D eigenvalue weighted by Crippen LogP contribution is 2.35. The second-order valence-electron chi connectivity index (χ2n) is 10.9. The third kappa shape index (κ3) is 9.36. The van der Waals surface area contributed by atoms with Crippen molar-refractivity contribution in [2.45, 2.75) is 49.4 Å². The summed E-state index contributed by atoms with van der Waals surface area (Å²) in [6, 6.07) is 23.6. The Balaban J connectivity index is 1.36. The fourth-order valence-electron chi connectivity index (χ4n) is 4.84. The molecular weight excluding hydrogens is 642 g/mol. The molecule has 0 bridgehead atoms. The van der Waals surface area contributed by atoms with Gasteiger partial charge < -0.3 is 4.90 Å². The average molecular weight is 676 g/mol. The van der Waals surface area contributed by atoms with Gasteiger partial charge in [-0.15, -0.1) is 0 Å². The molecular formula is C35H33F3N5O2PS. The average Bonchev–Trinajstić information content (AvgIpc) is 3.07. The first kappa shape index (κ1) is 34.0. The highest BCUT2D eigenvalue weighted by Gasteiger charge is 2.24. The van der Waals surface area contributed by atoms with Crippen LogP contribution < -0.4 is 5.56 Å². The van der Waals surface area contributed by atoms with Crippen molar-refractivity contribution < 1.29 is 18.0 Å². The maximum Gasteiger partial charge on any atom is 0.295 e. The normalized spacial score (nSPS) is 11.4. The number of halogens is 3. The zero-order valence-corrected chi connectivity index (χ0v) is 27.6. The van der Waals surface area contributed by atoms with E-state index in [2.05, 4.69) is 15.1 Å². The molecule has 12 heteroatoms. The number of carbonyl (C=O) groups excluding carboxylic acids is 1. The van der Waals surface area contributed by atoms with Crippen molar-refractivity contribution in [2.24, 2.45) is 0 Å². The van der Waals surface area contributed by atoms with Crippen molar-refractivity contribution in [3.63, 3.8) is 0 Å². The van der Waals surface area contributed by atoms with Crippen LogP contribution >= 0.6 is 21.0 Å². The lowest BCUT2D eigenvalue weighted by molar-refractivity contribution is -0.132. The Morgan fingerprint density at radius 2 is 1.51 bits per heavy atom. The molecule has 3 aromatic carbocycles. The molecule has 242 valence electrons. The van der Waals surface area contributed by atoms with Gasteiger partial charge in [0.1, 0.15) is 18.1 Å². The molecule has 47 heavy (non-hydrogen) atoms. The minimum Gasteiger partial charge on any atom is -0.336 e. The van der Waals surface area contributed by atoms with Crippen LogP contribution in [0.15, 0.2) is 107 Å². The molecule has 0 aliphatic carbocycles. The van der Waals surface area contributed by atoms with Gasteiger partial charge in [0.2, 0.25) is 5.91 Å². The van der Waals surface area contributed by atoms with Gasteiger partial charge in [-0.25, -0.2) is 9.07 Å². The molecule has 2 heterocycles. The van der Waals surface area contributed by atoms with Crippen molar-refractivity contribution >= 4 is 26.9 Å². The van der Waals surface area contributed by atoms with Gasteiger partial charge in [-0.2, -0.15) is 18.9 Å². The molecule has 7 nitrogen and oxygen atoms in total. The number of pyridine rings is 1. The van der Waals surface area contributed by atoms with Crippen LogP contribution in [0.2, 0.25) is 0 Å². The summed E-state index contributed by atoms with van der Waals surface area (Å²) in [4.78, 5) is 36.6. The maximum atomic E-state index is 13.9. The maximum absolute atomic E-state index is 13.9. The van der Waals surface area contributed by atoms with E-state index >= 15 is 0 Å². The van der Waals surface area contributed by atoms with E-state index in [-0.39, 0.29) is 29.5 Å². The summed E-state index contributed by atoms with van der Waals surface area (Å²) in [5, 5.41) is 4.79. The van der Waals surface area contributed by atoms with Gasteiger partial charge in [0.15, 0.2) is 5.16 Å². The van der Waals surface area contributed by atoms with Crippen molar-refractivity contribution in [1.29, 1.82) is 0 Å². The molecule has 2 aromatic heterocycles. The standard InChI is InChI=1S/C35H33F3N5O2PS/c1-2-31-33(45)40-34(47-23-26-5-13-30(36)14-6-26)43(41-31)22-32(44)42(20-17-24-15-18-39-19-16-24)21-25-3-7-27(8-4-25)28-9-11-29(12-10-28)35(37,38)46/h3-16,18-19H,2,17,20-23,46H2,1H3. The van der Waals surface area contributed by atoms with E-state index in [1.54, 1.807) is 57.7 Å². The minimum absolute atomic E-state index is 0.0817. The lowest BCUT2D eigenvalue weighted by Crippen LogP contribution is -2.37. The van der Waals surface area contributed by atoms with E-state index < -0.39 is 11.2 Å². The van der Waals surface area contributed by atoms with Gasteiger partial charge in [-0.1, -0.05) is 88.6 Å². The van der Waals surface area contributed by atoms with Crippen LogP contribution in [0.3, 0.4) is 0 Å². The zero-order chi connectivity index (χ0) is 33.4. The lowest BCUT2D eigenvalue weighted by Gasteiger charge is -2.24. The van der Waals surface area contributed by atoms with Crippen LogP contribution in [0.5, 0.6) is 0 Å². The van der Waals surface area contributed by atoms with Gasteiger partial charge in [-0.05, 0) is 64.9 Å². The Hall–Kier alpha value is -4.34. The first-order valence-corrected chi connectivity index (χ1v) is 16.5.